The summed E-state index contributed by atoms with van der Waals surface area (Å²) in [6.45, 7) is 5.27. The minimum absolute atomic E-state index is 0.191. The molecule has 4 heteroatoms. The first-order chi connectivity index (χ1) is 8.61. The number of likely N-dealkylation sites (N-methyl/N-ethyl adjacent to an activating group) is 1. The van der Waals surface area contributed by atoms with Crippen LogP contribution >= 0.6 is 15.9 Å². The van der Waals surface area contributed by atoms with Crippen LogP contribution in [0.25, 0.3) is 0 Å². The van der Waals surface area contributed by atoms with Crippen molar-refractivity contribution in [1.82, 2.24) is 4.90 Å². The fraction of sp³-hybridized carbons (Fsp3) is 0.500. The molecule has 0 bridgehead atoms. The van der Waals surface area contributed by atoms with Gasteiger partial charge in [0.05, 0.1) is 6.54 Å². The summed E-state index contributed by atoms with van der Waals surface area (Å²) in [4.78, 5) is 14.0. The van der Waals surface area contributed by atoms with Crippen molar-refractivity contribution < 1.29 is 4.79 Å². The molecule has 1 N–H and O–H groups in total. The molecule has 1 aromatic carbocycles. The third kappa shape index (κ3) is 3.25. The Kier molecular flexibility index (Phi) is 4.27. The Morgan fingerprint density at radius 1 is 1.50 bits per heavy atom. The van der Waals surface area contributed by atoms with E-state index in [1.807, 2.05) is 36.9 Å². The van der Waals surface area contributed by atoms with E-state index in [0.29, 0.717) is 12.6 Å². The molecule has 1 fully saturated rings. The third-order valence-electron chi connectivity index (χ3n) is 3.26. The van der Waals surface area contributed by atoms with Gasteiger partial charge in [-0.25, -0.2) is 0 Å². The molecule has 98 valence electrons. The maximum absolute atomic E-state index is 12.0. The highest BCUT2D eigenvalue weighted by Gasteiger charge is 2.30. The summed E-state index contributed by atoms with van der Waals surface area (Å²) in [5.74, 6) is 0.191. The Morgan fingerprint density at radius 2 is 2.22 bits per heavy atom. The maximum Gasteiger partial charge on any atom is 0.242 e. The average Bonchev–Trinajstić information content (AvgIpc) is 3.16. The van der Waals surface area contributed by atoms with Crippen LogP contribution in [0.3, 0.4) is 0 Å². The number of nitrogens with one attached hydrogen (secondary N) is 1. The van der Waals surface area contributed by atoms with E-state index in [9.17, 15) is 4.79 Å². The largest absolute Gasteiger partial charge is 0.376 e. The Hall–Kier alpha value is -1.03. The Morgan fingerprint density at radius 3 is 2.78 bits per heavy atom. The molecule has 0 unspecified atom stereocenters. The zero-order chi connectivity index (χ0) is 13.1. The molecule has 1 amide bonds. The molecule has 3 nitrogen and oxygen atoms in total. The van der Waals surface area contributed by atoms with Gasteiger partial charge in [0.15, 0.2) is 0 Å². The summed E-state index contributed by atoms with van der Waals surface area (Å²) in [5.41, 5.74) is 2.17. The first kappa shape index (κ1) is 13.4. The molecule has 1 aliphatic rings. The number of carbonyl (C=O) groups is 1. The first-order valence-corrected chi connectivity index (χ1v) is 7.20. The van der Waals surface area contributed by atoms with E-state index in [0.717, 1.165) is 29.5 Å². The Labute approximate surface area is 117 Å². The molecule has 18 heavy (non-hydrogen) atoms. The summed E-state index contributed by atoms with van der Waals surface area (Å²) in [7, 11) is 0. The van der Waals surface area contributed by atoms with E-state index in [2.05, 4.69) is 21.2 Å². The van der Waals surface area contributed by atoms with E-state index in [-0.39, 0.29) is 5.91 Å². The molecular formula is C14H19BrN2O. The summed E-state index contributed by atoms with van der Waals surface area (Å²) < 4.78 is 1.06. The maximum atomic E-state index is 12.0. The van der Waals surface area contributed by atoms with Crippen molar-refractivity contribution in [1.29, 1.82) is 0 Å². The van der Waals surface area contributed by atoms with Gasteiger partial charge in [-0.15, -0.1) is 0 Å². The smallest absolute Gasteiger partial charge is 0.242 e. The number of hydrogen-bond donors (Lipinski definition) is 1. The van der Waals surface area contributed by atoms with Crippen LogP contribution in [-0.4, -0.2) is 29.9 Å². The van der Waals surface area contributed by atoms with Gasteiger partial charge in [-0.3, -0.25) is 4.79 Å². The number of nitrogens with zero attached hydrogens (tertiary/aromatic N) is 1. The number of aryl methyl sites for hydroxylation is 1. The highest BCUT2D eigenvalue weighted by Crippen LogP contribution is 2.26. The zero-order valence-electron chi connectivity index (χ0n) is 10.9. The predicted molar refractivity (Wildman–Crippen MR) is 77.8 cm³/mol. The molecule has 0 aromatic heterocycles. The summed E-state index contributed by atoms with van der Waals surface area (Å²) >= 11 is 3.49. The van der Waals surface area contributed by atoms with Crippen LogP contribution in [0.1, 0.15) is 25.3 Å². The number of rotatable bonds is 5. The second kappa shape index (κ2) is 5.74. The molecule has 0 aliphatic heterocycles. The Bertz CT molecular complexity index is 443. The lowest BCUT2D eigenvalue weighted by Gasteiger charge is -2.20. The van der Waals surface area contributed by atoms with Crippen LogP contribution in [0.15, 0.2) is 22.7 Å². The molecule has 1 aliphatic carbocycles. The minimum atomic E-state index is 0.191. The second-order valence-corrected chi connectivity index (χ2v) is 5.58. The van der Waals surface area contributed by atoms with Crippen LogP contribution in [0.2, 0.25) is 0 Å². The van der Waals surface area contributed by atoms with Crippen LogP contribution in [0.5, 0.6) is 0 Å². The van der Waals surface area contributed by atoms with E-state index >= 15 is 0 Å². The second-order valence-electron chi connectivity index (χ2n) is 4.73. The SMILES string of the molecule is CCN(C(=O)CNc1ccc(C)c(Br)c1)C1CC1. The van der Waals surface area contributed by atoms with E-state index in [4.69, 9.17) is 0 Å². The molecule has 1 aromatic rings. The number of hydrogen-bond acceptors (Lipinski definition) is 2. The van der Waals surface area contributed by atoms with Crippen molar-refractivity contribution >= 4 is 27.5 Å². The van der Waals surface area contributed by atoms with Crippen molar-refractivity contribution in [3.05, 3.63) is 28.2 Å². The number of halogens is 1. The molecule has 0 atom stereocenters. The van der Waals surface area contributed by atoms with Gasteiger partial charge in [0.25, 0.3) is 0 Å². The van der Waals surface area contributed by atoms with Crippen LogP contribution in [0, 0.1) is 6.92 Å². The van der Waals surface area contributed by atoms with Gasteiger partial charge in [0, 0.05) is 22.7 Å². The van der Waals surface area contributed by atoms with Crippen molar-refractivity contribution in [3.63, 3.8) is 0 Å². The van der Waals surface area contributed by atoms with E-state index < -0.39 is 0 Å². The highest BCUT2D eigenvalue weighted by atomic mass is 79.9. The summed E-state index contributed by atoms with van der Waals surface area (Å²) in [5, 5.41) is 3.19. The minimum Gasteiger partial charge on any atom is -0.376 e. The van der Waals surface area contributed by atoms with Gasteiger partial charge >= 0.3 is 0 Å². The fourth-order valence-electron chi connectivity index (χ4n) is 2.01. The predicted octanol–water partition coefficient (Wildman–Crippen LogP) is 3.18. The van der Waals surface area contributed by atoms with Gasteiger partial charge in [0.1, 0.15) is 0 Å². The average molecular weight is 311 g/mol. The van der Waals surface area contributed by atoms with Crippen molar-refractivity contribution in [2.75, 3.05) is 18.4 Å². The summed E-state index contributed by atoms with van der Waals surface area (Å²) in [6.07, 6.45) is 2.32. The number of anilines is 1. The fourth-order valence-corrected chi connectivity index (χ4v) is 2.39. The standard InChI is InChI=1S/C14H19BrN2O/c1-3-17(12-6-7-12)14(18)9-16-11-5-4-10(2)13(15)8-11/h4-5,8,12,16H,3,6-7,9H2,1-2H3. The molecule has 0 radical (unpaired) electrons. The van der Waals surface area contributed by atoms with Crippen molar-refractivity contribution in [3.8, 4) is 0 Å². The third-order valence-corrected chi connectivity index (χ3v) is 4.12. The van der Waals surface area contributed by atoms with Crippen LogP contribution in [-0.2, 0) is 4.79 Å². The highest BCUT2D eigenvalue weighted by molar-refractivity contribution is 9.10. The van der Waals surface area contributed by atoms with E-state index in [1.165, 1.54) is 5.56 Å². The normalized spacial score (nSPS) is 14.4. The number of carbonyl (C=O) groups excluding carboxylic acids is 1. The number of amides is 1. The molecule has 0 saturated heterocycles. The quantitative estimate of drug-likeness (QED) is 0.906. The van der Waals surface area contributed by atoms with Crippen LogP contribution in [0.4, 0.5) is 5.69 Å². The van der Waals surface area contributed by atoms with Gasteiger partial charge in [-0.1, -0.05) is 22.0 Å². The Balaban J connectivity index is 1.90. The molecule has 2 rings (SSSR count). The van der Waals surface area contributed by atoms with Gasteiger partial charge < -0.3 is 10.2 Å². The molecular weight excluding hydrogens is 292 g/mol. The van der Waals surface area contributed by atoms with Gasteiger partial charge in [0.2, 0.25) is 5.91 Å². The lowest BCUT2D eigenvalue weighted by molar-refractivity contribution is -0.129. The first-order valence-electron chi connectivity index (χ1n) is 6.41. The van der Waals surface area contributed by atoms with Crippen molar-refractivity contribution in [2.24, 2.45) is 0 Å². The van der Waals surface area contributed by atoms with E-state index in [1.54, 1.807) is 0 Å². The topological polar surface area (TPSA) is 32.3 Å². The molecule has 1 saturated carbocycles. The lowest BCUT2D eigenvalue weighted by Crippen LogP contribution is -2.37. The zero-order valence-corrected chi connectivity index (χ0v) is 12.5. The van der Waals surface area contributed by atoms with Gasteiger partial charge in [-0.05, 0) is 44.4 Å². The summed E-state index contributed by atoms with van der Waals surface area (Å²) in [6, 6.07) is 6.54. The molecule has 0 spiro atoms. The number of benzene rings is 1. The monoisotopic (exact) mass is 310 g/mol. The lowest BCUT2D eigenvalue weighted by atomic mass is 10.2. The molecule has 0 heterocycles. The van der Waals surface area contributed by atoms with Crippen molar-refractivity contribution in [2.45, 2.75) is 32.7 Å². The van der Waals surface area contributed by atoms with Crippen LogP contribution < -0.4 is 5.32 Å². The van der Waals surface area contributed by atoms with Gasteiger partial charge in [-0.2, -0.15) is 0 Å².